The molecule has 1 heterocycles. The molecule has 0 fully saturated rings. The van der Waals surface area contributed by atoms with Crippen LogP contribution in [-0.4, -0.2) is 4.98 Å². The zero-order chi connectivity index (χ0) is 14.5. The fraction of sp³-hybridized carbons (Fsp3) is 0. The fourth-order valence-corrected chi connectivity index (χ4v) is 2.79. The molecule has 0 saturated carbocycles. The second-order valence-electron chi connectivity index (χ2n) is 4.48. The van der Waals surface area contributed by atoms with Crippen LogP contribution in [0.4, 0.5) is 0 Å². The van der Waals surface area contributed by atoms with Crippen molar-refractivity contribution in [3.63, 3.8) is 0 Å². The predicted octanol–water partition coefficient (Wildman–Crippen LogP) is 4.87. The number of benzene rings is 2. The Morgan fingerprint density at radius 2 is 1.67 bits per heavy atom. The number of rotatable bonds is 3. The third-order valence-corrected chi connectivity index (χ3v) is 3.91. The quantitative estimate of drug-likeness (QED) is 0.644. The SMILES string of the molecule is N#CC(=Cc1ccccc1)c1nc(-c2ccccc2)cs1. The molecule has 0 atom stereocenters. The van der Waals surface area contributed by atoms with E-state index >= 15 is 0 Å². The Bertz CT molecular complexity index is 796. The Hall–Kier alpha value is -2.70. The summed E-state index contributed by atoms with van der Waals surface area (Å²) in [5, 5.41) is 12.1. The first-order valence-electron chi connectivity index (χ1n) is 6.55. The number of hydrogen-bond acceptors (Lipinski definition) is 3. The van der Waals surface area contributed by atoms with Gasteiger partial charge in [0, 0.05) is 10.9 Å². The first-order valence-corrected chi connectivity index (χ1v) is 7.43. The van der Waals surface area contributed by atoms with Gasteiger partial charge in [-0.3, -0.25) is 0 Å². The molecular weight excluding hydrogens is 276 g/mol. The molecule has 0 amide bonds. The smallest absolute Gasteiger partial charge is 0.134 e. The van der Waals surface area contributed by atoms with Crippen LogP contribution in [0.25, 0.3) is 22.9 Å². The van der Waals surface area contributed by atoms with Gasteiger partial charge in [-0.05, 0) is 11.6 Å². The van der Waals surface area contributed by atoms with E-state index in [1.54, 1.807) is 0 Å². The van der Waals surface area contributed by atoms with Crippen LogP contribution >= 0.6 is 11.3 Å². The van der Waals surface area contributed by atoms with E-state index in [1.165, 1.54) is 11.3 Å². The van der Waals surface area contributed by atoms with Gasteiger partial charge in [0.15, 0.2) is 0 Å². The van der Waals surface area contributed by atoms with E-state index in [-0.39, 0.29) is 0 Å². The monoisotopic (exact) mass is 288 g/mol. The predicted molar refractivity (Wildman–Crippen MR) is 87.5 cm³/mol. The maximum absolute atomic E-state index is 9.37. The maximum atomic E-state index is 9.37. The van der Waals surface area contributed by atoms with Gasteiger partial charge in [-0.1, -0.05) is 60.7 Å². The van der Waals surface area contributed by atoms with Gasteiger partial charge >= 0.3 is 0 Å². The number of nitriles is 1. The van der Waals surface area contributed by atoms with Crippen molar-refractivity contribution in [2.24, 2.45) is 0 Å². The van der Waals surface area contributed by atoms with Gasteiger partial charge in [0.2, 0.25) is 0 Å². The van der Waals surface area contributed by atoms with Crippen molar-refractivity contribution in [2.75, 3.05) is 0 Å². The van der Waals surface area contributed by atoms with Crippen molar-refractivity contribution in [1.82, 2.24) is 4.98 Å². The van der Waals surface area contributed by atoms with E-state index in [1.807, 2.05) is 72.1 Å². The van der Waals surface area contributed by atoms with Crippen molar-refractivity contribution in [2.45, 2.75) is 0 Å². The summed E-state index contributed by atoms with van der Waals surface area (Å²) in [6.45, 7) is 0. The fourth-order valence-electron chi connectivity index (χ4n) is 2.00. The summed E-state index contributed by atoms with van der Waals surface area (Å²) >= 11 is 1.49. The lowest BCUT2D eigenvalue weighted by molar-refractivity contribution is 1.37. The second kappa shape index (κ2) is 6.17. The molecule has 2 nitrogen and oxygen atoms in total. The second-order valence-corrected chi connectivity index (χ2v) is 5.34. The minimum atomic E-state index is 0.591. The summed E-state index contributed by atoms with van der Waals surface area (Å²) in [4.78, 5) is 4.58. The summed E-state index contributed by atoms with van der Waals surface area (Å²) in [7, 11) is 0. The van der Waals surface area contributed by atoms with Crippen LogP contribution in [0.2, 0.25) is 0 Å². The first-order chi connectivity index (χ1) is 10.4. The topological polar surface area (TPSA) is 36.7 Å². The van der Waals surface area contributed by atoms with E-state index in [0.717, 1.165) is 21.8 Å². The van der Waals surface area contributed by atoms with E-state index in [4.69, 9.17) is 0 Å². The third-order valence-electron chi connectivity index (χ3n) is 3.04. The largest absolute Gasteiger partial charge is 0.235 e. The molecule has 2 aromatic carbocycles. The van der Waals surface area contributed by atoms with Crippen molar-refractivity contribution in [3.8, 4) is 17.3 Å². The Morgan fingerprint density at radius 3 is 2.33 bits per heavy atom. The number of hydrogen-bond donors (Lipinski definition) is 0. The van der Waals surface area contributed by atoms with Gasteiger partial charge in [0.25, 0.3) is 0 Å². The third kappa shape index (κ3) is 3.07. The summed E-state index contributed by atoms with van der Waals surface area (Å²) in [5.74, 6) is 0. The molecule has 0 aliphatic rings. The summed E-state index contributed by atoms with van der Waals surface area (Å²) < 4.78 is 0. The Morgan fingerprint density at radius 1 is 1.00 bits per heavy atom. The highest BCUT2D eigenvalue weighted by Gasteiger charge is 2.08. The molecule has 1 aromatic heterocycles. The van der Waals surface area contributed by atoms with E-state index in [9.17, 15) is 5.26 Å². The molecule has 0 spiro atoms. The minimum Gasteiger partial charge on any atom is -0.235 e. The highest BCUT2D eigenvalue weighted by Crippen LogP contribution is 2.26. The standard InChI is InChI=1S/C18H12N2S/c19-12-16(11-14-7-3-1-4-8-14)18-20-17(13-21-18)15-9-5-2-6-10-15/h1-11,13H. The highest BCUT2D eigenvalue weighted by molar-refractivity contribution is 7.11. The minimum absolute atomic E-state index is 0.591. The summed E-state index contributed by atoms with van der Waals surface area (Å²) in [6, 6.07) is 22.1. The average Bonchev–Trinajstić information content (AvgIpc) is 3.04. The molecule has 0 radical (unpaired) electrons. The Balaban J connectivity index is 1.95. The molecule has 0 bridgehead atoms. The summed E-state index contributed by atoms with van der Waals surface area (Å²) in [5.41, 5.74) is 3.57. The molecule has 0 unspecified atom stereocenters. The van der Waals surface area contributed by atoms with Gasteiger partial charge in [0.05, 0.1) is 11.3 Å². The number of allylic oxidation sites excluding steroid dienone is 1. The van der Waals surface area contributed by atoms with Gasteiger partial charge in [-0.2, -0.15) is 5.26 Å². The highest BCUT2D eigenvalue weighted by atomic mass is 32.1. The van der Waals surface area contributed by atoms with Crippen LogP contribution in [0.1, 0.15) is 10.6 Å². The van der Waals surface area contributed by atoms with Crippen LogP contribution in [0.5, 0.6) is 0 Å². The molecule has 100 valence electrons. The molecule has 3 rings (SSSR count). The molecule has 3 heteroatoms. The van der Waals surface area contributed by atoms with Gasteiger partial charge in [-0.25, -0.2) is 4.98 Å². The van der Waals surface area contributed by atoms with Crippen molar-refractivity contribution < 1.29 is 0 Å². The van der Waals surface area contributed by atoms with Crippen LogP contribution in [0.3, 0.4) is 0 Å². The van der Waals surface area contributed by atoms with Gasteiger partial charge in [-0.15, -0.1) is 11.3 Å². The van der Waals surface area contributed by atoms with Crippen LogP contribution in [-0.2, 0) is 0 Å². The van der Waals surface area contributed by atoms with Gasteiger partial charge < -0.3 is 0 Å². The number of thiazole rings is 1. The lowest BCUT2D eigenvalue weighted by Gasteiger charge is -1.96. The average molecular weight is 288 g/mol. The molecule has 0 aliphatic heterocycles. The maximum Gasteiger partial charge on any atom is 0.134 e. The lowest BCUT2D eigenvalue weighted by atomic mass is 10.1. The molecular formula is C18H12N2S. The molecule has 0 saturated heterocycles. The van der Waals surface area contributed by atoms with Crippen molar-refractivity contribution >= 4 is 23.0 Å². The normalized spacial score (nSPS) is 11.1. The zero-order valence-corrected chi connectivity index (χ0v) is 12.0. The van der Waals surface area contributed by atoms with E-state index in [0.29, 0.717) is 5.57 Å². The zero-order valence-electron chi connectivity index (χ0n) is 11.2. The Kier molecular flexibility index (Phi) is 3.90. The first kappa shape index (κ1) is 13.3. The number of nitrogens with zero attached hydrogens (tertiary/aromatic N) is 2. The molecule has 0 aliphatic carbocycles. The molecule has 21 heavy (non-hydrogen) atoms. The van der Waals surface area contributed by atoms with E-state index in [2.05, 4.69) is 11.1 Å². The Labute approximate surface area is 127 Å². The van der Waals surface area contributed by atoms with Gasteiger partial charge in [0.1, 0.15) is 11.1 Å². The van der Waals surface area contributed by atoms with Crippen LogP contribution in [0, 0.1) is 11.3 Å². The molecule has 0 N–H and O–H groups in total. The lowest BCUT2D eigenvalue weighted by Crippen LogP contribution is -1.82. The van der Waals surface area contributed by atoms with Crippen molar-refractivity contribution in [1.29, 1.82) is 5.26 Å². The van der Waals surface area contributed by atoms with E-state index < -0.39 is 0 Å². The number of aromatic nitrogens is 1. The van der Waals surface area contributed by atoms with Crippen LogP contribution < -0.4 is 0 Å². The summed E-state index contributed by atoms with van der Waals surface area (Å²) in [6.07, 6.45) is 1.87. The van der Waals surface area contributed by atoms with Crippen LogP contribution in [0.15, 0.2) is 66.0 Å². The molecule has 3 aromatic rings. The van der Waals surface area contributed by atoms with Crippen molar-refractivity contribution in [3.05, 3.63) is 76.6 Å².